The van der Waals surface area contributed by atoms with Crippen LogP contribution in [0.3, 0.4) is 0 Å². The average Bonchev–Trinajstić information content (AvgIpc) is 3.51. The number of hydrogen-bond donors (Lipinski definition) is 1. The van der Waals surface area contributed by atoms with Crippen LogP contribution >= 0.6 is 0 Å². The van der Waals surface area contributed by atoms with Gasteiger partial charge in [0.15, 0.2) is 6.61 Å². The third-order valence-electron chi connectivity index (χ3n) is 4.39. The number of alkyl halides is 3. The van der Waals surface area contributed by atoms with E-state index in [2.05, 4.69) is 20.0 Å². The predicted octanol–water partition coefficient (Wildman–Crippen LogP) is 3.43. The highest BCUT2D eigenvalue weighted by Gasteiger charge is 2.30. The monoisotopic (exact) mass is 407 g/mol. The first-order valence-corrected chi connectivity index (χ1v) is 9.16. The fourth-order valence-electron chi connectivity index (χ4n) is 2.71. The van der Waals surface area contributed by atoms with Crippen molar-refractivity contribution >= 4 is 11.7 Å². The van der Waals surface area contributed by atoms with Gasteiger partial charge in [-0.25, -0.2) is 4.98 Å². The Bertz CT molecular complexity index is 898. The first kappa shape index (κ1) is 20.8. The fraction of sp³-hybridized carbons (Fsp3) is 0.400. The Morgan fingerprint density at radius 1 is 1.28 bits per heavy atom. The molecule has 1 fully saturated rings. The summed E-state index contributed by atoms with van der Waals surface area (Å²) in [7, 11) is 0. The van der Waals surface area contributed by atoms with Crippen LogP contribution in [0.15, 0.2) is 36.5 Å². The summed E-state index contributed by atoms with van der Waals surface area (Å²) in [5.41, 5.74) is 1.23. The number of nitrogens with one attached hydrogen (secondary N) is 1. The topological polar surface area (TPSA) is 81.2 Å². The lowest BCUT2D eigenvalue weighted by Crippen LogP contribution is -2.27. The molecular weight excluding hydrogens is 387 g/mol. The van der Waals surface area contributed by atoms with Crippen molar-refractivity contribution in [2.45, 2.75) is 38.4 Å². The molecule has 0 aromatic carbocycles. The van der Waals surface area contributed by atoms with Gasteiger partial charge in [0.05, 0.1) is 11.7 Å². The van der Waals surface area contributed by atoms with Crippen molar-refractivity contribution in [1.82, 2.24) is 15.3 Å². The Balaban J connectivity index is 1.62. The SMILES string of the molecule is CC(NC(=O)c1ccnc(CC(=O)C2CC2)c1)c1cccc(OCC(F)(F)F)n1. The molecule has 29 heavy (non-hydrogen) atoms. The molecule has 0 radical (unpaired) electrons. The van der Waals surface area contributed by atoms with Gasteiger partial charge in [-0.15, -0.1) is 0 Å². The average molecular weight is 407 g/mol. The number of rotatable bonds is 8. The maximum atomic E-state index is 12.5. The van der Waals surface area contributed by atoms with Crippen LogP contribution in [0.25, 0.3) is 0 Å². The lowest BCUT2D eigenvalue weighted by atomic mass is 10.1. The van der Waals surface area contributed by atoms with E-state index in [1.165, 1.54) is 24.4 Å². The first-order chi connectivity index (χ1) is 13.7. The largest absolute Gasteiger partial charge is 0.468 e. The highest BCUT2D eigenvalue weighted by Crippen LogP contribution is 2.30. The van der Waals surface area contributed by atoms with Gasteiger partial charge in [0, 0.05) is 35.9 Å². The van der Waals surface area contributed by atoms with Gasteiger partial charge in [-0.3, -0.25) is 14.6 Å². The minimum atomic E-state index is -4.46. The van der Waals surface area contributed by atoms with Crippen molar-refractivity contribution < 1.29 is 27.5 Å². The fourth-order valence-corrected chi connectivity index (χ4v) is 2.71. The van der Waals surface area contributed by atoms with Crippen LogP contribution in [0.4, 0.5) is 13.2 Å². The number of amides is 1. The Labute approximate surface area is 165 Å². The third kappa shape index (κ3) is 6.27. The van der Waals surface area contributed by atoms with Gasteiger partial charge < -0.3 is 10.1 Å². The molecule has 1 saturated carbocycles. The van der Waals surface area contributed by atoms with Gasteiger partial charge in [0.2, 0.25) is 5.88 Å². The smallest absolute Gasteiger partial charge is 0.422 e. The van der Waals surface area contributed by atoms with Crippen molar-refractivity contribution in [2.24, 2.45) is 5.92 Å². The van der Waals surface area contributed by atoms with Gasteiger partial charge in [-0.1, -0.05) is 6.07 Å². The van der Waals surface area contributed by atoms with E-state index in [1.54, 1.807) is 19.1 Å². The standard InChI is InChI=1S/C20H20F3N3O3/c1-12(16-3-2-4-18(26-16)29-11-20(21,22)23)25-19(28)14-7-8-24-15(9-14)10-17(27)13-5-6-13/h2-4,7-9,12-13H,5-6,10-11H2,1H3,(H,25,28). The molecule has 1 N–H and O–H groups in total. The third-order valence-corrected chi connectivity index (χ3v) is 4.39. The Morgan fingerprint density at radius 2 is 2.03 bits per heavy atom. The van der Waals surface area contributed by atoms with Crippen molar-refractivity contribution in [3.63, 3.8) is 0 Å². The second-order valence-corrected chi connectivity index (χ2v) is 6.95. The maximum absolute atomic E-state index is 12.5. The Morgan fingerprint density at radius 3 is 2.72 bits per heavy atom. The molecule has 1 aliphatic rings. The summed E-state index contributed by atoms with van der Waals surface area (Å²) in [5.74, 6) is -0.329. The normalized spacial score (nSPS) is 14.9. The number of carbonyl (C=O) groups is 2. The second kappa shape index (κ2) is 8.59. The van der Waals surface area contributed by atoms with Gasteiger partial charge in [0.1, 0.15) is 5.78 Å². The van der Waals surface area contributed by atoms with Crippen LogP contribution in [0, 0.1) is 5.92 Å². The van der Waals surface area contributed by atoms with Gasteiger partial charge >= 0.3 is 6.18 Å². The first-order valence-electron chi connectivity index (χ1n) is 9.16. The van der Waals surface area contributed by atoms with Gasteiger partial charge in [-0.05, 0) is 38.0 Å². The molecule has 2 aromatic heterocycles. The molecule has 154 valence electrons. The van der Waals surface area contributed by atoms with Crippen LogP contribution in [0.2, 0.25) is 0 Å². The number of carbonyl (C=O) groups excluding carboxylic acids is 2. The number of ketones is 1. The van der Waals surface area contributed by atoms with Gasteiger partial charge in [-0.2, -0.15) is 13.2 Å². The zero-order valence-electron chi connectivity index (χ0n) is 15.7. The van der Waals surface area contributed by atoms with Gasteiger partial charge in [0.25, 0.3) is 5.91 Å². The predicted molar refractivity (Wildman–Crippen MR) is 97.3 cm³/mol. The summed E-state index contributed by atoms with van der Waals surface area (Å²) in [4.78, 5) is 32.6. The quantitative estimate of drug-likeness (QED) is 0.725. The van der Waals surface area contributed by atoms with E-state index in [0.29, 0.717) is 17.0 Å². The Hall–Kier alpha value is -2.97. The van der Waals surface area contributed by atoms with Crippen LogP contribution in [0.5, 0.6) is 5.88 Å². The van der Waals surface area contributed by atoms with E-state index < -0.39 is 24.7 Å². The molecule has 0 aliphatic heterocycles. The van der Waals surface area contributed by atoms with E-state index in [-0.39, 0.29) is 24.0 Å². The number of aromatic nitrogens is 2. The minimum Gasteiger partial charge on any atom is -0.468 e. The zero-order valence-corrected chi connectivity index (χ0v) is 15.7. The molecule has 9 heteroatoms. The lowest BCUT2D eigenvalue weighted by molar-refractivity contribution is -0.154. The molecule has 6 nitrogen and oxygen atoms in total. The van der Waals surface area contributed by atoms with E-state index in [9.17, 15) is 22.8 Å². The van der Waals surface area contributed by atoms with Crippen LogP contribution < -0.4 is 10.1 Å². The number of pyridine rings is 2. The summed E-state index contributed by atoms with van der Waals surface area (Å²) >= 11 is 0. The highest BCUT2D eigenvalue weighted by molar-refractivity contribution is 5.94. The summed E-state index contributed by atoms with van der Waals surface area (Å²) in [6, 6.07) is 6.93. The summed E-state index contributed by atoms with van der Waals surface area (Å²) < 4.78 is 41.5. The molecule has 2 heterocycles. The summed E-state index contributed by atoms with van der Waals surface area (Å²) in [6.07, 6.45) is -0.970. The second-order valence-electron chi connectivity index (χ2n) is 6.95. The number of nitrogens with zero attached hydrogens (tertiary/aromatic N) is 2. The zero-order chi connectivity index (χ0) is 21.0. The lowest BCUT2D eigenvalue weighted by Gasteiger charge is -2.15. The minimum absolute atomic E-state index is 0.118. The number of ether oxygens (including phenoxy) is 1. The van der Waals surface area contributed by atoms with E-state index in [0.717, 1.165) is 12.8 Å². The Kier molecular flexibility index (Phi) is 6.14. The van der Waals surface area contributed by atoms with Crippen LogP contribution in [0.1, 0.15) is 47.6 Å². The van der Waals surface area contributed by atoms with Crippen LogP contribution in [-0.2, 0) is 11.2 Å². The highest BCUT2D eigenvalue weighted by atomic mass is 19.4. The van der Waals surface area contributed by atoms with E-state index >= 15 is 0 Å². The summed E-state index contributed by atoms with van der Waals surface area (Å²) in [6.45, 7) is 0.218. The van der Waals surface area contributed by atoms with E-state index in [1.807, 2.05) is 0 Å². The van der Waals surface area contributed by atoms with Crippen molar-refractivity contribution in [3.8, 4) is 5.88 Å². The van der Waals surface area contributed by atoms with Crippen molar-refractivity contribution in [1.29, 1.82) is 0 Å². The molecule has 2 aromatic rings. The van der Waals surface area contributed by atoms with Crippen molar-refractivity contribution in [3.05, 3.63) is 53.5 Å². The molecule has 0 bridgehead atoms. The molecule has 1 amide bonds. The van der Waals surface area contributed by atoms with E-state index in [4.69, 9.17) is 0 Å². The molecule has 1 atom stereocenters. The molecule has 3 rings (SSSR count). The van der Waals surface area contributed by atoms with Crippen LogP contribution in [-0.4, -0.2) is 34.4 Å². The molecule has 1 unspecified atom stereocenters. The summed E-state index contributed by atoms with van der Waals surface area (Å²) in [5, 5.41) is 2.74. The molecule has 0 saturated heterocycles. The molecular formula is C20H20F3N3O3. The maximum Gasteiger partial charge on any atom is 0.422 e. The molecule has 1 aliphatic carbocycles. The molecule has 0 spiro atoms. The number of Topliss-reactive ketones (excluding diaryl/α,β-unsaturated/α-hetero) is 1. The number of halogens is 3. The number of hydrogen-bond acceptors (Lipinski definition) is 5. The van der Waals surface area contributed by atoms with Crippen molar-refractivity contribution in [2.75, 3.05) is 6.61 Å².